The van der Waals surface area contributed by atoms with Crippen LogP contribution >= 0.6 is 11.3 Å². The first-order valence-electron chi connectivity index (χ1n) is 5.82. The summed E-state index contributed by atoms with van der Waals surface area (Å²) in [5.41, 5.74) is 1.00. The Kier molecular flexibility index (Phi) is 9.89. The molecule has 0 fully saturated rings. The van der Waals surface area contributed by atoms with Crippen molar-refractivity contribution in [2.24, 2.45) is 0 Å². The normalized spacial score (nSPS) is 12.6. The summed E-state index contributed by atoms with van der Waals surface area (Å²) in [5, 5.41) is 19.1. The Balaban J connectivity index is 0.000000360. The smallest absolute Gasteiger partial charge is 0.0536 e. The Morgan fingerprint density at radius 1 is 1.26 bits per heavy atom. The molecule has 0 saturated carbocycles. The number of aliphatic hydroxyl groups excluding tert-OH is 2. The van der Waals surface area contributed by atoms with Crippen LogP contribution in [0, 0.1) is 6.07 Å². The Labute approximate surface area is 131 Å². The predicted octanol–water partition coefficient (Wildman–Crippen LogP) is 2.75. The van der Waals surface area contributed by atoms with Crippen LogP contribution in [0.15, 0.2) is 35.8 Å². The maximum atomic E-state index is 8.56. The van der Waals surface area contributed by atoms with Gasteiger partial charge in [-0.1, -0.05) is 17.0 Å². The van der Waals surface area contributed by atoms with Gasteiger partial charge >= 0.3 is 0 Å². The molecule has 2 aromatic rings. The molecule has 19 heavy (non-hydrogen) atoms. The van der Waals surface area contributed by atoms with Crippen molar-refractivity contribution >= 4 is 11.3 Å². The van der Waals surface area contributed by atoms with Gasteiger partial charge in [-0.3, -0.25) is 0 Å². The molecule has 2 unspecified atom stereocenters. The molecule has 0 amide bonds. The fraction of sp³-hybridized carbons (Fsp3) is 0.357. The zero-order valence-corrected chi connectivity index (χ0v) is 13.4. The number of aliphatic hydroxyl groups is 2. The number of hydrogen-bond donors (Lipinski definition) is 2. The van der Waals surface area contributed by atoms with E-state index in [1.165, 1.54) is 0 Å². The van der Waals surface area contributed by atoms with Gasteiger partial charge in [-0.25, -0.2) is 11.3 Å². The number of pyridine rings is 1. The molecule has 1 radical (unpaired) electrons. The van der Waals surface area contributed by atoms with Crippen molar-refractivity contribution in [2.75, 3.05) is 0 Å². The molecular weight excluding hydrogens is 349 g/mol. The minimum Gasteiger partial charge on any atom is -0.393 e. The molecule has 5 heteroatoms. The molecule has 0 spiro atoms. The third-order valence-electron chi connectivity index (χ3n) is 2.05. The first-order valence-corrected chi connectivity index (χ1v) is 6.70. The molecule has 0 aliphatic carbocycles. The van der Waals surface area contributed by atoms with Gasteiger partial charge in [0.05, 0.1) is 12.2 Å². The molecule has 3 nitrogen and oxygen atoms in total. The van der Waals surface area contributed by atoms with Gasteiger partial charge in [-0.2, -0.15) is 12.1 Å². The molecule has 2 heterocycles. The van der Waals surface area contributed by atoms with Gasteiger partial charge in [0.2, 0.25) is 0 Å². The Morgan fingerprint density at radius 2 is 1.95 bits per heavy atom. The van der Waals surface area contributed by atoms with Gasteiger partial charge in [0.1, 0.15) is 0 Å². The number of hydrogen-bond acceptors (Lipinski definition) is 4. The minimum absolute atomic E-state index is 0. The van der Waals surface area contributed by atoms with Crippen molar-refractivity contribution in [3.05, 3.63) is 41.9 Å². The topological polar surface area (TPSA) is 53.4 Å². The second-order valence-corrected chi connectivity index (χ2v) is 4.96. The standard InChI is InChI=1S/C9H6NS.C5H12O2.Rh/c1-2-6-10-8(4-1)9-5-3-7-11-9;1-4(6)3-5(2)7;/h1-4,6-7H;4-7H,3H2,1-2H3;/q-1;;. The summed E-state index contributed by atoms with van der Waals surface area (Å²) in [7, 11) is 0. The SMILES string of the molecule is CC(O)CC(C)O.[Rh].[c-]1ccsc1-c1ccccn1. The van der Waals surface area contributed by atoms with Gasteiger partial charge in [-0.15, -0.1) is 5.38 Å². The van der Waals surface area contributed by atoms with Crippen LogP contribution in [-0.2, 0) is 19.5 Å². The molecule has 0 aliphatic rings. The van der Waals surface area contributed by atoms with Crippen molar-refractivity contribution in [1.82, 2.24) is 4.98 Å². The summed E-state index contributed by atoms with van der Waals surface area (Å²) < 4.78 is 0. The molecule has 0 saturated heterocycles. The van der Waals surface area contributed by atoms with Crippen LogP contribution in [0.25, 0.3) is 10.6 Å². The second-order valence-electron chi connectivity index (χ2n) is 4.04. The average Bonchev–Trinajstić information content (AvgIpc) is 2.82. The summed E-state index contributed by atoms with van der Waals surface area (Å²) in [5.74, 6) is 0. The van der Waals surface area contributed by atoms with Gasteiger partial charge in [0.25, 0.3) is 0 Å². The molecule has 2 atom stereocenters. The molecule has 0 bridgehead atoms. The Morgan fingerprint density at radius 3 is 2.32 bits per heavy atom. The third-order valence-corrected chi connectivity index (χ3v) is 2.88. The summed E-state index contributed by atoms with van der Waals surface area (Å²) in [6.07, 6.45) is 1.52. The maximum Gasteiger partial charge on any atom is 0.0536 e. The molecule has 2 rings (SSSR count). The van der Waals surface area contributed by atoms with E-state index in [2.05, 4.69) is 11.1 Å². The Bertz CT molecular complexity index is 412. The van der Waals surface area contributed by atoms with E-state index < -0.39 is 0 Å². The van der Waals surface area contributed by atoms with Crippen LogP contribution in [0.5, 0.6) is 0 Å². The van der Waals surface area contributed by atoms with E-state index in [1.807, 2.05) is 29.6 Å². The van der Waals surface area contributed by atoms with Gasteiger partial charge in [0.15, 0.2) is 0 Å². The largest absolute Gasteiger partial charge is 0.393 e. The second kappa shape index (κ2) is 10.2. The quantitative estimate of drug-likeness (QED) is 0.648. The fourth-order valence-corrected chi connectivity index (χ4v) is 2.02. The van der Waals surface area contributed by atoms with Crippen LogP contribution in [0.4, 0.5) is 0 Å². The number of thiophene rings is 1. The van der Waals surface area contributed by atoms with Crippen LogP contribution < -0.4 is 0 Å². The monoisotopic (exact) mass is 367 g/mol. The predicted molar refractivity (Wildman–Crippen MR) is 74.4 cm³/mol. The van der Waals surface area contributed by atoms with Gasteiger partial charge < -0.3 is 15.2 Å². The maximum absolute atomic E-state index is 8.56. The molecular formula is C14H18NO2RhS-. The van der Waals surface area contributed by atoms with Crippen molar-refractivity contribution < 1.29 is 29.7 Å². The molecule has 0 aromatic carbocycles. The summed E-state index contributed by atoms with van der Waals surface area (Å²) in [6, 6.07) is 10.9. The van der Waals surface area contributed by atoms with E-state index in [9.17, 15) is 0 Å². The van der Waals surface area contributed by atoms with E-state index in [4.69, 9.17) is 10.2 Å². The molecule has 2 N–H and O–H groups in total. The van der Waals surface area contributed by atoms with Crippen LogP contribution in [0.3, 0.4) is 0 Å². The van der Waals surface area contributed by atoms with E-state index in [0.717, 1.165) is 10.6 Å². The number of rotatable bonds is 3. The molecule has 0 aliphatic heterocycles. The van der Waals surface area contributed by atoms with E-state index >= 15 is 0 Å². The van der Waals surface area contributed by atoms with Gasteiger partial charge in [0, 0.05) is 25.7 Å². The fourth-order valence-electron chi connectivity index (χ4n) is 1.37. The summed E-state index contributed by atoms with van der Waals surface area (Å²) >= 11 is 1.66. The number of aromatic nitrogens is 1. The van der Waals surface area contributed by atoms with Crippen LogP contribution in [-0.4, -0.2) is 27.4 Å². The third kappa shape index (κ3) is 8.22. The van der Waals surface area contributed by atoms with Crippen molar-refractivity contribution in [3.8, 4) is 10.6 Å². The van der Waals surface area contributed by atoms with Gasteiger partial charge in [-0.05, 0) is 32.0 Å². The zero-order chi connectivity index (χ0) is 13.4. The Hall–Kier alpha value is -0.607. The molecule has 107 valence electrons. The summed E-state index contributed by atoms with van der Waals surface area (Å²) in [4.78, 5) is 5.30. The van der Waals surface area contributed by atoms with E-state index in [-0.39, 0.29) is 31.7 Å². The van der Waals surface area contributed by atoms with E-state index in [1.54, 1.807) is 31.4 Å². The zero-order valence-electron chi connectivity index (χ0n) is 10.9. The summed E-state index contributed by atoms with van der Waals surface area (Å²) in [6.45, 7) is 3.32. The number of nitrogens with zero attached hydrogens (tertiary/aromatic N) is 1. The average molecular weight is 367 g/mol. The van der Waals surface area contributed by atoms with Crippen LogP contribution in [0.1, 0.15) is 20.3 Å². The van der Waals surface area contributed by atoms with E-state index in [0.29, 0.717) is 6.42 Å². The van der Waals surface area contributed by atoms with Crippen molar-refractivity contribution in [1.29, 1.82) is 0 Å². The first-order chi connectivity index (χ1) is 8.59. The van der Waals surface area contributed by atoms with Crippen LogP contribution in [0.2, 0.25) is 0 Å². The van der Waals surface area contributed by atoms with Crippen molar-refractivity contribution in [2.45, 2.75) is 32.5 Å². The minimum atomic E-state index is -0.375. The van der Waals surface area contributed by atoms with Crippen molar-refractivity contribution in [3.63, 3.8) is 0 Å². The molecule has 2 aromatic heterocycles. The first kappa shape index (κ1) is 18.4.